The van der Waals surface area contributed by atoms with Crippen molar-refractivity contribution in [3.8, 4) is 5.75 Å². The number of nitrogens with one attached hydrogen (secondary N) is 2. The van der Waals surface area contributed by atoms with Gasteiger partial charge in [-0.2, -0.15) is 0 Å². The van der Waals surface area contributed by atoms with Crippen LogP contribution in [-0.2, 0) is 15.0 Å². The van der Waals surface area contributed by atoms with Crippen molar-refractivity contribution in [2.75, 3.05) is 17.7 Å². The Balaban J connectivity index is 1.65. The van der Waals surface area contributed by atoms with Crippen molar-refractivity contribution in [3.05, 3.63) is 54.1 Å². The van der Waals surface area contributed by atoms with Crippen LogP contribution in [0.5, 0.6) is 5.75 Å². The standard InChI is InChI=1S/C22H26N2O3/c1-21(2,3)15-5-7-16(8-6-15)23-19(25)22(13-14-22)20(26)24-17-9-11-18(27-4)12-10-17/h5-12H,13-14H2,1-4H3,(H,23,25)(H,24,26). The van der Waals surface area contributed by atoms with E-state index in [2.05, 4.69) is 31.4 Å². The Morgan fingerprint density at radius 3 is 1.67 bits per heavy atom. The maximum absolute atomic E-state index is 12.7. The SMILES string of the molecule is COc1ccc(NC(=O)C2(C(=O)Nc3ccc(C(C)(C)C)cc3)CC2)cc1. The third-order valence-electron chi connectivity index (χ3n) is 4.98. The molecule has 0 aliphatic heterocycles. The first-order valence-electron chi connectivity index (χ1n) is 9.12. The molecule has 1 aliphatic rings. The van der Waals surface area contributed by atoms with Crippen LogP contribution in [-0.4, -0.2) is 18.9 Å². The lowest BCUT2D eigenvalue weighted by atomic mass is 9.87. The molecule has 0 atom stereocenters. The van der Waals surface area contributed by atoms with Crippen LogP contribution in [0.3, 0.4) is 0 Å². The quantitative estimate of drug-likeness (QED) is 0.773. The Hall–Kier alpha value is -2.82. The summed E-state index contributed by atoms with van der Waals surface area (Å²) in [6.45, 7) is 6.43. The van der Waals surface area contributed by atoms with Crippen LogP contribution in [0.25, 0.3) is 0 Å². The summed E-state index contributed by atoms with van der Waals surface area (Å²) in [5, 5.41) is 5.72. The smallest absolute Gasteiger partial charge is 0.240 e. The van der Waals surface area contributed by atoms with Gasteiger partial charge in [0.05, 0.1) is 7.11 Å². The molecule has 0 saturated heterocycles. The Kier molecular flexibility index (Phi) is 4.96. The Labute approximate surface area is 160 Å². The van der Waals surface area contributed by atoms with E-state index < -0.39 is 5.41 Å². The molecule has 27 heavy (non-hydrogen) atoms. The number of amides is 2. The molecule has 1 fully saturated rings. The number of rotatable bonds is 5. The van der Waals surface area contributed by atoms with Gasteiger partial charge in [0.2, 0.25) is 11.8 Å². The molecule has 142 valence electrons. The van der Waals surface area contributed by atoms with Crippen LogP contribution >= 0.6 is 0 Å². The minimum Gasteiger partial charge on any atom is -0.497 e. The van der Waals surface area contributed by atoms with Gasteiger partial charge < -0.3 is 15.4 Å². The minimum absolute atomic E-state index is 0.0541. The molecule has 0 radical (unpaired) electrons. The molecule has 0 spiro atoms. The van der Waals surface area contributed by atoms with Crippen molar-refractivity contribution >= 4 is 23.2 Å². The fourth-order valence-electron chi connectivity index (χ4n) is 2.91. The molecule has 2 N–H and O–H groups in total. The molecular weight excluding hydrogens is 340 g/mol. The summed E-state index contributed by atoms with van der Waals surface area (Å²) in [5.41, 5.74) is 1.62. The molecule has 0 bridgehead atoms. The first kappa shape index (κ1) is 19.0. The Morgan fingerprint density at radius 2 is 1.30 bits per heavy atom. The molecule has 2 aromatic rings. The van der Waals surface area contributed by atoms with E-state index in [1.807, 2.05) is 24.3 Å². The largest absolute Gasteiger partial charge is 0.497 e. The average Bonchev–Trinajstić information content (AvgIpc) is 3.44. The first-order chi connectivity index (χ1) is 12.7. The van der Waals surface area contributed by atoms with Gasteiger partial charge in [0.25, 0.3) is 0 Å². The molecule has 1 aliphatic carbocycles. The third kappa shape index (κ3) is 4.13. The lowest BCUT2D eigenvalue weighted by Gasteiger charge is -2.20. The topological polar surface area (TPSA) is 67.4 Å². The molecule has 2 aromatic carbocycles. The molecule has 5 nitrogen and oxygen atoms in total. The lowest BCUT2D eigenvalue weighted by Crippen LogP contribution is -2.35. The number of anilines is 2. The van der Waals surface area contributed by atoms with Gasteiger partial charge in [-0.05, 0) is 60.2 Å². The highest BCUT2D eigenvalue weighted by atomic mass is 16.5. The van der Waals surface area contributed by atoms with Crippen LogP contribution in [0.15, 0.2) is 48.5 Å². The summed E-state index contributed by atoms with van der Waals surface area (Å²) in [7, 11) is 1.59. The van der Waals surface area contributed by atoms with E-state index in [4.69, 9.17) is 4.74 Å². The third-order valence-corrected chi connectivity index (χ3v) is 4.98. The zero-order chi connectivity index (χ0) is 19.7. The fourth-order valence-corrected chi connectivity index (χ4v) is 2.91. The summed E-state index contributed by atoms with van der Waals surface area (Å²) in [6, 6.07) is 14.8. The van der Waals surface area contributed by atoms with E-state index in [0.717, 1.165) is 0 Å². The second kappa shape index (κ2) is 7.06. The highest BCUT2D eigenvalue weighted by Gasteiger charge is 2.56. The van der Waals surface area contributed by atoms with Crippen LogP contribution in [0.1, 0.15) is 39.2 Å². The molecular formula is C22H26N2O3. The summed E-state index contributed by atoms with van der Waals surface area (Å²) >= 11 is 0. The van der Waals surface area contributed by atoms with Crippen LogP contribution in [0.4, 0.5) is 11.4 Å². The summed E-state index contributed by atoms with van der Waals surface area (Å²) in [6.07, 6.45) is 1.11. The zero-order valence-corrected chi connectivity index (χ0v) is 16.3. The van der Waals surface area contributed by atoms with Gasteiger partial charge in [0.1, 0.15) is 11.2 Å². The monoisotopic (exact) mass is 366 g/mol. The van der Waals surface area contributed by atoms with E-state index in [1.54, 1.807) is 31.4 Å². The second-order valence-corrected chi connectivity index (χ2v) is 8.05. The van der Waals surface area contributed by atoms with Gasteiger partial charge >= 0.3 is 0 Å². The van der Waals surface area contributed by atoms with Crippen LogP contribution in [0, 0.1) is 5.41 Å². The molecule has 3 rings (SSSR count). The van der Waals surface area contributed by atoms with Gasteiger partial charge in [0.15, 0.2) is 0 Å². The summed E-state index contributed by atoms with van der Waals surface area (Å²) < 4.78 is 5.11. The van der Waals surface area contributed by atoms with E-state index >= 15 is 0 Å². The molecule has 0 aromatic heterocycles. The number of ether oxygens (including phenoxy) is 1. The molecule has 0 heterocycles. The normalized spacial score (nSPS) is 15.0. The number of carbonyl (C=O) groups excluding carboxylic acids is 2. The molecule has 2 amide bonds. The second-order valence-electron chi connectivity index (χ2n) is 8.05. The Bertz CT molecular complexity index is 829. The van der Waals surface area contributed by atoms with Gasteiger partial charge in [0, 0.05) is 11.4 Å². The number of hydrogen-bond acceptors (Lipinski definition) is 3. The molecule has 1 saturated carbocycles. The van der Waals surface area contributed by atoms with Crippen molar-refractivity contribution in [3.63, 3.8) is 0 Å². The fraction of sp³-hybridized carbons (Fsp3) is 0.364. The summed E-state index contributed by atoms with van der Waals surface area (Å²) in [5.74, 6) is 0.194. The van der Waals surface area contributed by atoms with E-state index in [1.165, 1.54) is 5.56 Å². The number of hydrogen-bond donors (Lipinski definition) is 2. The minimum atomic E-state index is -0.984. The lowest BCUT2D eigenvalue weighted by molar-refractivity contribution is -0.131. The van der Waals surface area contributed by atoms with Gasteiger partial charge in [-0.1, -0.05) is 32.9 Å². The predicted molar refractivity (Wildman–Crippen MR) is 107 cm³/mol. The van der Waals surface area contributed by atoms with Crippen LogP contribution in [0.2, 0.25) is 0 Å². The first-order valence-corrected chi connectivity index (χ1v) is 9.12. The summed E-state index contributed by atoms with van der Waals surface area (Å²) in [4.78, 5) is 25.4. The van der Waals surface area contributed by atoms with Crippen LogP contribution < -0.4 is 15.4 Å². The molecule has 0 unspecified atom stereocenters. The highest BCUT2D eigenvalue weighted by molar-refractivity contribution is 6.16. The van der Waals surface area contributed by atoms with E-state index in [9.17, 15) is 9.59 Å². The number of benzene rings is 2. The van der Waals surface area contributed by atoms with Crippen molar-refractivity contribution in [2.45, 2.75) is 39.0 Å². The van der Waals surface area contributed by atoms with E-state index in [-0.39, 0.29) is 17.2 Å². The molecule has 5 heteroatoms. The number of carbonyl (C=O) groups is 2. The predicted octanol–water partition coefficient (Wildman–Crippen LogP) is 4.35. The average molecular weight is 366 g/mol. The van der Waals surface area contributed by atoms with Crippen molar-refractivity contribution in [1.29, 1.82) is 0 Å². The van der Waals surface area contributed by atoms with Crippen molar-refractivity contribution < 1.29 is 14.3 Å². The highest BCUT2D eigenvalue weighted by Crippen LogP contribution is 2.47. The van der Waals surface area contributed by atoms with Crippen molar-refractivity contribution in [2.24, 2.45) is 5.41 Å². The van der Waals surface area contributed by atoms with E-state index in [0.29, 0.717) is 30.0 Å². The zero-order valence-electron chi connectivity index (χ0n) is 16.3. The van der Waals surface area contributed by atoms with Crippen molar-refractivity contribution in [1.82, 2.24) is 0 Å². The Morgan fingerprint density at radius 1 is 0.852 bits per heavy atom. The van der Waals surface area contributed by atoms with Gasteiger partial charge in [-0.25, -0.2) is 0 Å². The maximum atomic E-state index is 12.7. The maximum Gasteiger partial charge on any atom is 0.240 e. The number of methoxy groups -OCH3 is 1. The van der Waals surface area contributed by atoms with Gasteiger partial charge in [-0.15, -0.1) is 0 Å². The van der Waals surface area contributed by atoms with Gasteiger partial charge in [-0.3, -0.25) is 9.59 Å².